The van der Waals surface area contributed by atoms with Gasteiger partial charge in [0.15, 0.2) is 5.83 Å². The van der Waals surface area contributed by atoms with Crippen molar-refractivity contribution < 1.29 is 53.8 Å². The zero-order valence-electron chi connectivity index (χ0n) is 12.0. The first-order valence-corrected chi connectivity index (χ1v) is 5.98. The molecular formula is C10H7F9N4O3. The third-order valence-electron chi connectivity index (χ3n) is 2.32. The van der Waals surface area contributed by atoms with E-state index in [1.165, 1.54) is 0 Å². The number of carbonyl (C=O) groups is 1. The molecule has 1 heterocycles. The molecule has 1 aromatic heterocycles. The van der Waals surface area contributed by atoms with Gasteiger partial charge in [0.2, 0.25) is 5.95 Å². The van der Waals surface area contributed by atoms with Gasteiger partial charge < -0.3 is 4.74 Å². The molecule has 0 aliphatic rings. The molecular weight excluding hydrogens is 395 g/mol. The van der Waals surface area contributed by atoms with Gasteiger partial charge in [0.25, 0.3) is 0 Å². The summed E-state index contributed by atoms with van der Waals surface area (Å²) >= 11 is 0. The molecule has 1 unspecified atom stereocenters. The number of aromatic amines is 1. The van der Waals surface area contributed by atoms with E-state index in [1.807, 2.05) is 6.58 Å². The van der Waals surface area contributed by atoms with E-state index in [0.717, 1.165) is 5.32 Å². The molecule has 1 rings (SSSR count). The van der Waals surface area contributed by atoms with Crippen molar-refractivity contribution in [3.63, 3.8) is 0 Å². The Labute approximate surface area is 137 Å². The van der Waals surface area contributed by atoms with Crippen molar-refractivity contribution in [2.24, 2.45) is 0 Å². The first kappa shape index (κ1) is 21.7. The van der Waals surface area contributed by atoms with Gasteiger partial charge in [0, 0.05) is 0 Å². The van der Waals surface area contributed by atoms with Crippen LogP contribution in [0.15, 0.2) is 18.7 Å². The SMILES string of the molecule is C=C(F)C(F)(F)OC(F)(C(=O)Nc1ncn[nH]1)C(F)(F)OCC(F)(F)F. The molecule has 0 aromatic carbocycles. The second-order valence-corrected chi connectivity index (χ2v) is 4.33. The van der Waals surface area contributed by atoms with E-state index < -0.39 is 48.5 Å². The molecule has 0 saturated heterocycles. The van der Waals surface area contributed by atoms with Crippen LogP contribution in [0.4, 0.5) is 45.5 Å². The lowest BCUT2D eigenvalue weighted by molar-refractivity contribution is -0.423. The Balaban J connectivity index is 3.22. The predicted molar refractivity (Wildman–Crippen MR) is 62.1 cm³/mol. The van der Waals surface area contributed by atoms with Gasteiger partial charge in [-0.05, 0) is 0 Å². The molecule has 0 aliphatic heterocycles. The summed E-state index contributed by atoms with van der Waals surface area (Å²) in [7, 11) is 0. The fourth-order valence-corrected chi connectivity index (χ4v) is 1.19. The van der Waals surface area contributed by atoms with Gasteiger partial charge in [-0.15, -0.1) is 0 Å². The molecule has 1 aromatic rings. The van der Waals surface area contributed by atoms with E-state index >= 15 is 0 Å². The Kier molecular flexibility index (Phi) is 5.92. The molecule has 0 fully saturated rings. The summed E-state index contributed by atoms with van der Waals surface area (Å²) < 4.78 is 122. The minimum Gasteiger partial charge on any atom is -0.306 e. The first-order valence-electron chi connectivity index (χ1n) is 5.98. The Hall–Kier alpha value is -2.36. The lowest BCUT2D eigenvalue weighted by atomic mass is 10.2. The van der Waals surface area contributed by atoms with E-state index in [0.29, 0.717) is 6.33 Å². The highest BCUT2D eigenvalue weighted by molar-refractivity contribution is 5.95. The number of H-pyrrole nitrogens is 1. The predicted octanol–water partition coefficient (Wildman–Crippen LogP) is 2.67. The largest absolute Gasteiger partial charge is 0.425 e. The maximum absolute atomic E-state index is 14.4. The van der Waals surface area contributed by atoms with Crippen LogP contribution in [-0.2, 0) is 14.3 Å². The molecule has 1 atom stereocenters. The monoisotopic (exact) mass is 402 g/mol. The summed E-state index contributed by atoms with van der Waals surface area (Å²) in [5, 5.41) is 5.99. The number of halogens is 9. The summed E-state index contributed by atoms with van der Waals surface area (Å²) in [6.07, 6.45) is -16.3. The molecule has 26 heavy (non-hydrogen) atoms. The molecule has 148 valence electrons. The number of nitrogens with one attached hydrogen (secondary N) is 2. The molecule has 16 heteroatoms. The van der Waals surface area contributed by atoms with Crippen LogP contribution in [0.3, 0.4) is 0 Å². The highest BCUT2D eigenvalue weighted by atomic mass is 19.4. The van der Waals surface area contributed by atoms with Gasteiger partial charge in [-0.2, -0.15) is 45.2 Å². The fourth-order valence-electron chi connectivity index (χ4n) is 1.19. The number of carbonyl (C=O) groups excluding carboxylic acids is 1. The molecule has 0 spiro atoms. The number of anilines is 1. The van der Waals surface area contributed by atoms with Crippen LogP contribution < -0.4 is 5.32 Å². The normalized spacial score (nSPS) is 15.4. The van der Waals surface area contributed by atoms with E-state index in [2.05, 4.69) is 19.6 Å². The number of hydrogen-bond donors (Lipinski definition) is 2. The molecule has 0 radical (unpaired) electrons. The van der Waals surface area contributed by atoms with Gasteiger partial charge in [-0.25, -0.2) is 9.49 Å². The highest BCUT2D eigenvalue weighted by Gasteiger charge is 2.69. The number of hydrogen-bond acceptors (Lipinski definition) is 5. The van der Waals surface area contributed by atoms with Crippen molar-refractivity contribution >= 4 is 11.9 Å². The summed E-state index contributed by atoms with van der Waals surface area (Å²) in [6.45, 7) is -0.875. The molecule has 0 bridgehead atoms. The molecule has 2 N–H and O–H groups in total. The van der Waals surface area contributed by atoms with Gasteiger partial charge in [0.05, 0.1) is 0 Å². The van der Waals surface area contributed by atoms with Crippen LogP contribution >= 0.6 is 0 Å². The Morgan fingerprint density at radius 1 is 1.19 bits per heavy atom. The van der Waals surface area contributed by atoms with Gasteiger partial charge in [-0.1, -0.05) is 6.58 Å². The van der Waals surface area contributed by atoms with Crippen molar-refractivity contribution in [1.29, 1.82) is 0 Å². The van der Waals surface area contributed by atoms with Crippen LogP contribution in [0, 0.1) is 0 Å². The van der Waals surface area contributed by atoms with Crippen LogP contribution in [0.5, 0.6) is 0 Å². The van der Waals surface area contributed by atoms with Crippen molar-refractivity contribution in [3.8, 4) is 0 Å². The van der Waals surface area contributed by atoms with Crippen LogP contribution in [0.1, 0.15) is 0 Å². The van der Waals surface area contributed by atoms with Crippen LogP contribution in [0.2, 0.25) is 0 Å². The number of alkyl halides is 8. The number of ether oxygens (including phenoxy) is 2. The van der Waals surface area contributed by atoms with E-state index in [-0.39, 0.29) is 0 Å². The van der Waals surface area contributed by atoms with Gasteiger partial charge in [-0.3, -0.25) is 14.8 Å². The maximum atomic E-state index is 14.4. The average Bonchev–Trinajstić information content (AvgIpc) is 2.96. The number of rotatable bonds is 8. The maximum Gasteiger partial charge on any atom is 0.425 e. The Bertz CT molecular complexity index is 649. The summed E-state index contributed by atoms with van der Waals surface area (Å²) in [4.78, 5) is 14.7. The van der Waals surface area contributed by atoms with Crippen LogP contribution in [-0.4, -0.2) is 51.9 Å². The van der Waals surface area contributed by atoms with Crippen molar-refractivity contribution in [2.45, 2.75) is 24.2 Å². The zero-order chi connectivity index (χ0) is 20.4. The molecule has 1 amide bonds. The minimum absolute atomic E-state index is 0.659. The number of nitrogens with zero attached hydrogens (tertiary/aromatic N) is 2. The van der Waals surface area contributed by atoms with Crippen molar-refractivity contribution in [2.75, 3.05) is 11.9 Å². The highest BCUT2D eigenvalue weighted by Crippen LogP contribution is 2.42. The van der Waals surface area contributed by atoms with E-state index in [9.17, 15) is 44.3 Å². The lowest BCUT2D eigenvalue weighted by Crippen LogP contribution is -2.59. The van der Waals surface area contributed by atoms with Crippen molar-refractivity contribution in [1.82, 2.24) is 15.2 Å². The van der Waals surface area contributed by atoms with E-state index in [1.54, 1.807) is 5.10 Å². The Morgan fingerprint density at radius 2 is 1.77 bits per heavy atom. The fraction of sp³-hybridized carbons (Fsp3) is 0.500. The Morgan fingerprint density at radius 3 is 2.19 bits per heavy atom. The molecule has 0 aliphatic carbocycles. The zero-order valence-corrected chi connectivity index (χ0v) is 12.0. The molecule has 0 saturated carbocycles. The average molecular weight is 402 g/mol. The topological polar surface area (TPSA) is 89.1 Å². The second kappa shape index (κ2) is 7.10. The minimum atomic E-state index is -5.95. The van der Waals surface area contributed by atoms with Crippen molar-refractivity contribution in [3.05, 3.63) is 18.7 Å². The summed E-state index contributed by atoms with van der Waals surface area (Å²) in [5.41, 5.74) is 0. The summed E-state index contributed by atoms with van der Waals surface area (Å²) in [6, 6.07) is 0. The quantitative estimate of drug-likeness (QED) is 0.653. The standard InChI is InChI=1S/C10H7F9N4O3/c1-4(11)9(16,17)26-8(15,5(24)22-6-20-3-21-23-6)10(18,19)25-2-7(12,13)14/h3H,1-2H2,(H2,20,21,22,23,24). The second-order valence-electron chi connectivity index (χ2n) is 4.33. The lowest BCUT2D eigenvalue weighted by Gasteiger charge is -2.33. The van der Waals surface area contributed by atoms with E-state index in [4.69, 9.17) is 0 Å². The third-order valence-corrected chi connectivity index (χ3v) is 2.32. The third kappa shape index (κ3) is 5.07. The van der Waals surface area contributed by atoms with Gasteiger partial charge >= 0.3 is 30.2 Å². The number of amides is 1. The van der Waals surface area contributed by atoms with Crippen LogP contribution in [0.25, 0.3) is 0 Å². The first-order chi connectivity index (χ1) is 11.6. The molecule has 7 nitrogen and oxygen atoms in total. The van der Waals surface area contributed by atoms with Gasteiger partial charge in [0.1, 0.15) is 12.9 Å². The smallest absolute Gasteiger partial charge is 0.306 e. The number of aromatic nitrogens is 3. The summed E-state index contributed by atoms with van der Waals surface area (Å²) in [5.74, 6) is -12.1.